The minimum absolute atomic E-state index is 1.05. The molecule has 0 spiro atoms. The first-order valence-electron chi connectivity index (χ1n) is 7.00. The normalized spacial score (nSPS) is 10.5. The predicted octanol–water partition coefficient (Wildman–Crippen LogP) is 3.43. The highest BCUT2D eigenvalue weighted by molar-refractivity contribution is 5.59. The minimum Gasteiger partial charge on any atom is -0.372 e. The third-order valence-electron chi connectivity index (χ3n) is 3.83. The van der Waals surface area contributed by atoms with Crippen molar-refractivity contribution in [2.75, 3.05) is 18.0 Å². The maximum atomic E-state index is 2.40. The quantitative estimate of drug-likeness (QED) is 0.759. The standard InChI is InChI=1S/C17H23N2/c1-5-18(6-2)16-10-11-17(15(4)14(16)3)19-12-8-7-9-13-19/h7-13H,5-6H2,1-4H3/q+1. The maximum Gasteiger partial charge on any atom is 0.213 e. The first kappa shape index (κ1) is 13.6. The molecule has 2 nitrogen and oxygen atoms in total. The van der Waals surface area contributed by atoms with Gasteiger partial charge < -0.3 is 4.90 Å². The van der Waals surface area contributed by atoms with Gasteiger partial charge in [-0.3, -0.25) is 0 Å². The van der Waals surface area contributed by atoms with Gasteiger partial charge in [-0.25, -0.2) is 0 Å². The fraction of sp³-hybridized carbons (Fsp3) is 0.353. The van der Waals surface area contributed by atoms with Crippen LogP contribution in [0.2, 0.25) is 0 Å². The monoisotopic (exact) mass is 255 g/mol. The van der Waals surface area contributed by atoms with Crippen molar-refractivity contribution in [3.05, 3.63) is 53.9 Å². The van der Waals surface area contributed by atoms with E-state index in [0.29, 0.717) is 0 Å². The Morgan fingerprint density at radius 2 is 1.53 bits per heavy atom. The summed E-state index contributed by atoms with van der Waals surface area (Å²) in [5.74, 6) is 0. The van der Waals surface area contributed by atoms with Gasteiger partial charge in [0.1, 0.15) is 0 Å². The molecule has 0 N–H and O–H groups in total. The molecule has 19 heavy (non-hydrogen) atoms. The van der Waals surface area contributed by atoms with Crippen LogP contribution in [0.1, 0.15) is 25.0 Å². The van der Waals surface area contributed by atoms with Crippen molar-refractivity contribution < 1.29 is 4.57 Å². The number of pyridine rings is 1. The Morgan fingerprint density at radius 1 is 0.895 bits per heavy atom. The minimum atomic E-state index is 1.05. The van der Waals surface area contributed by atoms with Gasteiger partial charge in [0.05, 0.1) is 0 Å². The molecule has 0 bridgehead atoms. The number of rotatable bonds is 4. The zero-order valence-electron chi connectivity index (χ0n) is 12.4. The van der Waals surface area contributed by atoms with Crippen molar-refractivity contribution in [1.29, 1.82) is 0 Å². The molecule has 0 fully saturated rings. The second-order valence-corrected chi connectivity index (χ2v) is 4.81. The highest BCUT2D eigenvalue weighted by Gasteiger charge is 2.15. The number of hydrogen-bond acceptors (Lipinski definition) is 1. The van der Waals surface area contributed by atoms with E-state index in [-0.39, 0.29) is 0 Å². The molecule has 0 aliphatic carbocycles. The van der Waals surface area contributed by atoms with Crippen LogP contribution in [-0.2, 0) is 0 Å². The lowest BCUT2D eigenvalue weighted by molar-refractivity contribution is -0.596. The Labute approximate surface area is 116 Å². The number of anilines is 1. The SMILES string of the molecule is CCN(CC)c1ccc(-[n+]2ccccc2)c(C)c1C. The Bertz CT molecular complexity index is 543. The lowest BCUT2D eigenvalue weighted by atomic mass is 10.0. The van der Waals surface area contributed by atoms with E-state index in [9.17, 15) is 0 Å². The number of hydrogen-bond donors (Lipinski definition) is 0. The molecule has 2 aromatic rings. The van der Waals surface area contributed by atoms with E-state index in [1.165, 1.54) is 22.5 Å². The molecular formula is C17H23N2+. The molecule has 0 aliphatic heterocycles. The second-order valence-electron chi connectivity index (χ2n) is 4.81. The molecule has 0 aliphatic rings. The molecule has 0 saturated carbocycles. The van der Waals surface area contributed by atoms with E-state index in [0.717, 1.165) is 13.1 Å². The van der Waals surface area contributed by atoms with Gasteiger partial charge in [0, 0.05) is 42.5 Å². The maximum absolute atomic E-state index is 2.40. The highest BCUT2D eigenvalue weighted by Crippen LogP contribution is 2.25. The van der Waals surface area contributed by atoms with Crippen LogP contribution < -0.4 is 9.47 Å². The van der Waals surface area contributed by atoms with E-state index >= 15 is 0 Å². The van der Waals surface area contributed by atoms with E-state index in [2.05, 4.69) is 73.8 Å². The van der Waals surface area contributed by atoms with Crippen molar-refractivity contribution in [2.24, 2.45) is 0 Å². The van der Waals surface area contributed by atoms with Crippen LogP contribution >= 0.6 is 0 Å². The molecule has 100 valence electrons. The molecule has 0 atom stereocenters. The Hall–Kier alpha value is -1.83. The zero-order chi connectivity index (χ0) is 13.8. The van der Waals surface area contributed by atoms with E-state index in [4.69, 9.17) is 0 Å². The van der Waals surface area contributed by atoms with Crippen LogP contribution in [0, 0.1) is 13.8 Å². The molecule has 2 rings (SSSR count). The van der Waals surface area contributed by atoms with Gasteiger partial charge in [-0.05, 0) is 39.3 Å². The lowest BCUT2D eigenvalue weighted by Crippen LogP contribution is -2.31. The van der Waals surface area contributed by atoms with E-state index in [1.54, 1.807) is 0 Å². The third kappa shape index (κ3) is 2.62. The van der Waals surface area contributed by atoms with Crippen LogP contribution in [0.15, 0.2) is 42.7 Å². The van der Waals surface area contributed by atoms with Gasteiger partial charge in [-0.2, -0.15) is 4.57 Å². The molecule has 0 radical (unpaired) electrons. The van der Waals surface area contributed by atoms with Crippen LogP contribution in [0.5, 0.6) is 0 Å². The van der Waals surface area contributed by atoms with E-state index < -0.39 is 0 Å². The van der Waals surface area contributed by atoms with Crippen molar-refractivity contribution in [3.63, 3.8) is 0 Å². The van der Waals surface area contributed by atoms with Crippen molar-refractivity contribution in [1.82, 2.24) is 0 Å². The van der Waals surface area contributed by atoms with Gasteiger partial charge in [0.2, 0.25) is 5.69 Å². The number of nitrogens with zero attached hydrogens (tertiary/aromatic N) is 2. The predicted molar refractivity (Wildman–Crippen MR) is 81.0 cm³/mol. The van der Waals surface area contributed by atoms with Gasteiger partial charge in [-0.1, -0.05) is 6.07 Å². The van der Waals surface area contributed by atoms with Gasteiger partial charge in [0.25, 0.3) is 0 Å². The van der Waals surface area contributed by atoms with Crippen molar-refractivity contribution in [2.45, 2.75) is 27.7 Å². The third-order valence-corrected chi connectivity index (χ3v) is 3.83. The van der Waals surface area contributed by atoms with Crippen LogP contribution in [-0.4, -0.2) is 13.1 Å². The zero-order valence-corrected chi connectivity index (χ0v) is 12.4. The summed E-state index contributed by atoms with van der Waals surface area (Å²) >= 11 is 0. The molecule has 2 heteroatoms. The summed E-state index contributed by atoms with van der Waals surface area (Å²) in [6, 6.07) is 10.6. The summed E-state index contributed by atoms with van der Waals surface area (Å²) in [7, 11) is 0. The fourth-order valence-corrected chi connectivity index (χ4v) is 2.54. The first-order chi connectivity index (χ1) is 9.19. The Morgan fingerprint density at radius 3 is 2.11 bits per heavy atom. The Kier molecular flexibility index (Phi) is 4.20. The molecule has 1 aromatic heterocycles. The second kappa shape index (κ2) is 5.87. The van der Waals surface area contributed by atoms with Gasteiger partial charge in [-0.15, -0.1) is 0 Å². The number of benzene rings is 1. The average molecular weight is 255 g/mol. The van der Waals surface area contributed by atoms with Crippen molar-refractivity contribution >= 4 is 5.69 Å². The van der Waals surface area contributed by atoms with Gasteiger partial charge in [0.15, 0.2) is 12.4 Å². The average Bonchev–Trinajstić information content (AvgIpc) is 2.46. The molecule has 0 amide bonds. The van der Waals surface area contributed by atoms with Crippen molar-refractivity contribution in [3.8, 4) is 5.69 Å². The summed E-state index contributed by atoms with van der Waals surface area (Å²) in [6.07, 6.45) is 4.19. The first-order valence-corrected chi connectivity index (χ1v) is 7.00. The lowest BCUT2D eigenvalue weighted by Gasteiger charge is -2.24. The summed E-state index contributed by atoms with van der Waals surface area (Å²) in [6.45, 7) is 10.9. The van der Waals surface area contributed by atoms with E-state index in [1.807, 2.05) is 6.07 Å². The Balaban J connectivity index is 2.49. The van der Waals surface area contributed by atoms with Gasteiger partial charge >= 0.3 is 0 Å². The summed E-state index contributed by atoms with van der Waals surface area (Å²) in [5, 5.41) is 0. The fourth-order valence-electron chi connectivity index (χ4n) is 2.54. The smallest absolute Gasteiger partial charge is 0.213 e. The van der Waals surface area contributed by atoms with Crippen LogP contribution in [0.3, 0.4) is 0 Å². The topological polar surface area (TPSA) is 7.12 Å². The van der Waals surface area contributed by atoms with Crippen LogP contribution in [0.4, 0.5) is 5.69 Å². The molecular weight excluding hydrogens is 232 g/mol. The summed E-state index contributed by atoms with van der Waals surface area (Å²) in [4.78, 5) is 2.40. The number of aromatic nitrogens is 1. The highest BCUT2D eigenvalue weighted by atomic mass is 15.1. The summed E-state index contributed by atoms with van der Waals surface area (Å²) < 4.78 is 2.17. The molecule has 1 aromatic carbocycles. The molecule has 0 unspecified atom stereocenters. The molecule has 0 saturated heterocycles. The largest absolute Gasteiger partial charge is 0.372 e. The van der Waals surface area contributed by atoms with Crippen LogP contribution in [0.25, 0.3) is 5.69 Å². The summed E-state index contributed by atoms with van der Waals surface area (Å²) in [5.41, 5.74) is 5.33. The molecule has 1 heterocycles.